The molecule has 1 aromatic heterocycles. The summed E-state index contributed by atoms with van der Waals surface area (Å²) in [6.45, 7) is 12.0. The van der Waals surface area contributed by atoms with Gasteiger partial charge in [0.15, 0.2) is 0 Å². The highest BCUT2D eigenvalue weighted by Crippen LogP contribution is 2.27. The Labute approximate surface area is 154 Å². The first-order chi connectivity index (χ1) is 12.1. The molecule has 0 radical (unpaired) electrons. The first kappa shape index (κ1) is 18.6. The summed E-state index contributed by atoms with van der Waals surface area (Å²) < 4.78 is 11.2. The highest BCUT2D eigenvalue weighted by atomic mass is 16.6. The third kappa shape index (κ3) is 3.96. The molecule has 2 aromatic rings. The zero-order valence-corrected chi connectivity index (χ0v) is 16.3. The van der Waals surface area contributed by atoms with Gasteiger partial charge in [-0.2, -0.15) is 0 Å². The zero-order valence-electron chi connectivity index (χ0n) is 16.3. The van der Waals surface area contributed by atoms with Crippen LogP contribution in [0.3, 0.4) is 0 Å². The normalized spacial score (nSPS) is 22.0. The molecular weight excluding hydrogens is 330 g/mol. The lowest BCUT2D eigenvalue weighted by Gasteiger charge is -2.44. The third-order valence-electron chi connectivity index (χ3n) is 4.77. The molecule has 1 fully saturated rings. The Hall–Kier alpha value is -2.21. The minimum Gasteiger partial charge on any atom is -0.464 e. The molecule has 2 heterocycles. The molecule has 1 aliphatic rings. The van der Waals surface area contributed by atoms with Crippen LogP contribution in [0.2, 0.25) is 0 Å². The number of nitrogen functional groups attached to an aromatic ring is 1. The standard InChI is InChI=1S/C20H29N3O3/c1-13-11-23(19(24)26-20(3,4)5)14(2)10-22(13)12-16-9-17(21)8-15-6-7-25-18(15)16/h6-9,13-14H,10-12,21H2,1-5H3. The minimum absolute atomic E-state index is 0.0780. The van der Waals surface area contributed by atoms with E-state index in [0.717, 1.165) is 35.3 Å². The molecule has 0 spiro atoms. The maximum Gasteiger partial charge on any atom is 0.410 e. The van der Waals surface area contributed by atoms with E-state index in [1.165, 1.54) is 0 Å². The fourth-order valence-electron chi connectivity index (χ4n) is 3.51. The van der Waals surface area contributed by atoms with E-state index in [1.54, 1.807) is 6.26 Å². The van der Waals surface area contributed by atoms with Crippen molar-refractivity contribution in [1.29, 1.82) is 0 Å². The van der Waals surface area contributed by atoms with Crippen molar-refractivity contribution < 1.29 is 13.9 Å². The Kier molecular flexibility index (Phi) is 4.88. The van der Waals surface area contributed by atoms with E-state index in [1.807, 2.05) is 43.9 Å². The monoisotopic (exact) mass is 359 g/mol. The van der Waals surface area contributed by atoms with Gasteiger partial charge in [-0.15, -0.1) is 0 Å². The predicted molar refractivity (Wildman–Crippen MR) is 103 cm³/mol. The van der Waals surface area contributed by atoms with Gasteiger partial charge in [0.1, 0.15) is 11.2 Å². The van der Waals surface area contributed by atoms with Gasteiger partial charge in [-0.25, -0.2) is 4.79 Å². The summed E-state index contributed by atoms with van der Waals surface area (Å²) in [6, 6.07) is 6.12. The number of anilines is 1. The van der Waals surface area contributed by atoms with Crippen LogP contribution in [-0.4, -0.2) is 46.7 Å². The van der Waals surface area contributed by atoms with Crippen molar-refractivity contribution in [2.75, 3.05) is 18.8 Å². The van der Waals surface area contributed by atoms with Gasteiger partial charge in [0.05, 0.1) is 6.26 Å². The topological polar surface area (TPSA) is 71.9 Å². The van der Waals surface area contributed by atoms with Gasteiger partial charge < -0.3 is 19.8 Å². The minimum atomic E-state index is -0.483. The molecule has 3 rings (SSSR count). The van der Waals surface area contributed by atoms with Crippen molar-refractivity contribution in [1.82, 2.24) is 9.80 Å². The van der Waals surface area contributed by atoms with E-state index in [-0.39, 0.29) is 18.2 Å². The Morgan fingerprint density at radius 2 is 2.00 bits per heavy atom. The summed E-state index contributed by atoms with van der Waals surface area (Å²) in [5, 5.41) is 1.02. The SMILES string of the molecule is CC1CN(C(=O)OC(C)(C)C)C(C)CN1Cc1cc(N)cc2ccoc12. The second-order valence-electron chi connectivity index (χ2n) is 8.28. The first-order valence-electron chi connectivity index (χ1n) is 9.13. The molecule has 2 atom stereocenters. The van der Waals surface area contributed by atoms with Gasteiger partial charge in [-0.1, -0.05) is 0 Å². The Morgan fingerprint density at radius 3 is 2.69 bits per heavy atom. The van der Waals surface area contributed by atoms with Crippen LogP contribution < -0.4 is 5.73 Å². The third-order valence-corrected chi connectivity index (χ3v) is 4.77. The number of furan rings is 1. The van der Waals surface area contributed by atoms with Crippen LogP contribution in [0, 0.1) is 0 Å². The highest BCUT2D eigenvalue weighted by Gasteiger charge is 2.34. The summed E-state index contributed by atoms with van der Waals surface area (Å²) in [5.74, 6) is 0. The van der Waals surface area contributed by atoms with Crippen molar-refractivity contribution in [3.63, 3.8) is 0 Å². The number of hydrogen-bond donors (Lipinski definition) is 1. The molecule has 26 heavy (non-hydrogen) atoms. The highest BCUT2D eigenvalue weighted by molar-refractivity contribution is 5.84. The molecular formula is C20H29N3O3. The van der Waals surface area contributed by atoms with E-state index < -0.39 is 5.60 Å². The van der Waals surface area contributed by atoms with Crippen molar-refractivity contribution in [3.8, 4) is 0 Å². The Morgan fingerprint density at radius 1 is 1.27 bits per heavy atom. The number of benzene rings is 1. The number of ether oxygens (including phenoxy) is 1. The van der Waals surface area contributed by atoms with Gasteiger partial charge in [0.2, 0.25) is 0 Å². The van der Waals surface area contributed by atoms with Gasteiger partial charge in [0, 0.05) is 48.4 Å². The number of carbonyl (C=O) groups excluding carboxylic acids is 1. The molecule has 2 N–H and O–H groups in total. The van der Waals surface area contributed by atoms with E-state index in [0.29, 0.717) is 6.54 Å². The largest absolute Gasteiger partial charge is 0.464 e. The summed E-state index contributed by atoms with van der Waals surface area (Å²) in [4.78, 5) is 16.7. The van der Waals surface area contributed by atoms with Gasteiger partial charge in [0.25, 0.3) is 0 Å². The quantitative estimate of drug-likeness (QED) is 0.825. The maximum absolute atomic E-state index is 12.5. The van der Waals surface area contributed by atoms with Crippen LogP contribution in [0.5, 0.6) is 0 Å². The lowest BCUT2D eigenvalue weighted by atomic mass is 10.1. The van der Waals surface area contributed by atoms with Crippen LogP contribution >= 0.6 is 0 Å². The van der Waals surface area contributed by atoms with Crippen molar-refractivity contribution >= 4 is 22.7 Å². The molecule has 0 bridgehead atoms. The molecule has 6 nitrogen and oxygen atoms in total. The van der Waals surface area contributed by atoms with Gasteiger partial charge >= 0.3 is 6.09 Å². The van der Waals surface area contributed by atoms with Crippen LogP contribution in [0.25, 0.3) is 11.0 Å². The van der Waals surface area contributed by atoms with Crippen molar-refractivity contribution in [2.45, 2.75) is 58.8 Å². The van der Waals surface area contributed by atoms with E-state index in [9.17, 15) is 4.79 Å². The number of fused-ring (bicyclic) bond motifs is 1. The van der Waals surface area contributed by atoms with Crippen LogP contribution in [0.15, 0.2) is 28.9 Å². The average molecular weight is 359 g/mol. The summed E-state index contributed by atoms with van der Waals surface area (Å²) in [6.07, 6.45) is 1.45. The second-order valence-corrected chi connectivity index (χ2v) is 8.28. The second kappa shape index (κ2) is 6.83. The zero-order chi connectivity index (χ0) is 19.1. The fraction of sp³-hybridized carbons (Fsp3) is 0.550. The predicted octanol–water partition coefficient (Wildman–Crippen LogP) is 3.84. The Bertz CT molecular complexity index is 793. The lowest BCUT2D eigenvalue weighted by molar-refractivity contribution is -0.0116. The molecule has 0 aliphatic carbocycles. The molecule has 1 aliphatic heterocycles. The number of nitrogens with zero attached hydrogens (tertiary/aromatic N) is 2. The number of hydrogen-bond acceptors (Lipinski definition) is 5. The van der Waals surface area contributed by atoms with Crippen LogP contribution in [-0.2, 0) is 11.3 Å². The number of nitrogens with two attached hydrogens (primary N) is 1. The average Bonchev–Trinajstić information content (AvgIpc) is 2.97. The molecule has 6 heteroatoms. The molecule has 1 aromatic carbocycles. The van der Waals surface area contributed by atoms with Crippen molar-refractivity contribution in [3.05, 3.63) is 30.0 Å². The summed E-state index contributed by atoms with van der Waals surface area (Å²) >= 11 is 0. The number of carbonyl (C=O) groups is 1. The molecule has 1 saturated heterocycles. The summed E-state index contributed by atoms with van der Waals surface area (Å²) in [5.41, 5.74) is 8.26. The van der Waals surface area contributed by atoms with E-state index in [2.05, 4.69) is 18.7 Å². The van der Waals surface area contributed by atoms with Crippen LogP contribution in [0.4, 0.5) is 10.5 Å². The smallest absolute Gasteiger partial charge is 0.410 e. The number of rotatable bonds is 2. The number of amides is 1. The van der Waals surface area contributed by atoms with Crippen LogP contribution in [0.1, 0.15) is 40.2 Å². The molecule has 2 unspecified atom stereocenters. The van der Waals surface area contributed by atoms with E-state index >= 15 is 0 Å². The molecule has 142 valence electrons. The molecule has 1 amide bonds. The maximum atomic E-state index is 12.5. The van der Waals surface area contributed by atoms with E-state index in [4.69, 9.17) is 14.9 Å². The fourth-order valence-corrected chi connectivity index (χ4v) is 3.51. The lowest BCUT2D eigenvalue weighted by Crippen LogP contribution is -2.58. The summed E-state index contributed by atoms with van der Waals surface area (Å²) in [7, 11) is 0. The van der Waals surface area contributed by atoms with Gasteiger partial charge in [-0.05, 0) is 52.8 Å². The van der Waals surface area contributed by atoms with Crippen molar-refractivity contribution in [2.24, 2.45) is 0 Å². The van der Waals surface area contributed by atoms with Gasteiger partial charge in [-0.3, -0.25) is 4.90 Å². The Balaban J connectivity index is 1.73. The molecule has 0 saturated carbocycles. The number of piperazine rings is 1. The first-order valence-corrected chi connectivity index (χ1v) is 9.13.